The van der Waals surface area contributed by atoms with Crippen LogP contribution in [0.1, 0.15) is 22.3 Å². The van der Waals surface area contributed by atoms with Crippen LogP contribution in [0.5, 0.6) is 0 Å². The summed E-state index contributed by atoms with van der Waals surface area (Å²) in [5.41, 5.74) is 7.50. The lowest BCUT2D eigenvalue weighted by atomic mass is 9.85. The fraction of sp³-hybridized carbons (Fsp3) is 0.136. The maximum Gasteiger partial charge on any atom is 0.416 e. The van der Waals surface area contributed by atoms with Gasteiger partial charge in [0.05, 0.1) is 11.1 Å². The molecule has 0 aliphatic carbocycles. The number of hydrogen-bond donors (Lipinski definition) is 0. The molecule has 2 heterocycles. The Kier molecular flexibility index (Phi) is 7.36. The molecule has 52 heavy (non-hydrogen) atoms. The summed E-state index contributed by atoms with van der Waals surface area (Å²) in [5.74, 6) is 0. The van der Waals surface area contributed by atoms with Crippen LogP contribution < -0.4 is 9.80 Å². The molecule has 0 saturated carbocycles. The number of nitrogens with zero attached hydrogens (tertiary/aromatic N) is 2. The lowest BCUT2D eigenvalue weighted by Crippen LogP contribution is -2.13. The van der Waals surface area contributed by atoms with Crippen molar-refractivity contribution in [3.8, 4) is 22.3 Å². The second kappa shape index (κ2) is 11.9. The van der Waals surface area contributed by atoms with Crippen LogP contribution in [-0.4, -0.2) is 13.1 Å². The van der Waals surface area contributed by atoms with E-state index in [4.69, 9.17) is 0 Å². The average molecular weight is 701 g/mol. The molecule has 2 aliphatic heterocycles. The van der Waals surface area contributed by atoms with E-state index in [1.807, 2.05) is 48.5 Å². The first-order valence-corrected chi connectivity index (χ1v) is 17.1. The van der Waals surface area contributed by atoms with Gasteiger partial charge in [-0.15, -0.1) is 0 Å². The van der Waals surface area contributed by atoms with Gasteiger partial charge in [-0.2, -0.15) is 26.3 Å². The van der Waals surface area contributed by atoms with Gasteiger partial charge in [0.2, 0.25) is 0 Å². The number of rotatable bonds is 4. The molecule has 258 valence electrons. The summed E-state index contributed by atoms with van der Waals surface area (Å²) >= 11 is 0. The highest BCUT2D eigenvalue weighted by atomic mass is 19.4. The Morgan fingerprint density at radius 3 is 1.19 bits per heavy atom. The van der Waals surface area contributed by atoms with E-state index in [1.54, 1.807) is 12.1 Å². The predicted molar refractivity (Wildman–Crippen MR) is 197 cm³/mol. The van der Waals surface area contributed by atoms with Crippen LogP contribution >= 0.6 is 0 Å². The highest BCUT2D eigenvalue weighted by molar-refractivity contribution is 6.22. The Labute approximate surface area is 296 Å². The molecule has 7 aromatic rings. The van der Waals surface area contributed by atoms with Crippen molar-refractivity contribution >= 4 is 44.3 Å². The summed E-state index contributed by atoms with van der Waals surface area (Å²) in [6.07, 6.45) is -7.79. The molecule has 2 aliphatic rings. The first-order valence-electron chi connectivity index (χ1n) is 17.1. The van der Waals surface area contributed by atoms with Crippen molar-refractivity contribution < 1.29 is 26.3 Å². The van der Waals surface area contributed by atoms with Gasteiger partial charge in [-0.05, 0) is 128 Å². The third kappa shape index (κ3) is 5.36. The summed E-state index contributed by atoms with van der Waals surface area (Å²) in [4.78, 5) is 4.18. The summed E-state index contributed by atoms with van der Waals surface area (Å²) in [6, 6.07) is 40.9. The van der Waals surface area contributed by atoms with E-state index in [2.05, 4.69) is 58.3 Å². The van der Waals surface area contributed by atoms with Gasteiger partial charge >= 0.3 is 12.4 Å². The maximum absolute atomic E-state index is 13.5. The molecule has 0 saturated heterocycles. The minimum atomic E-state index is -4.40. The molecule has 0 atom stereocenters. The molecule has 9 rings (SSSR count). The number of fused-ring (bicyclic) bond motifs is 4. The molecule has 2 nitrogen and oxygen atoms in total. The molecule has 0 radical (unpaired) electrons. The van der Waals surface area contributed by atoms with Crippen molar-refractivity contribution in [3.63, 3.8) is 0 Å². The van der Waals surface area contributed by atoms with Crippen molar-refractivity contribution in [2.24, 2.45) is 0 Å². The first kappa shape index (κ1) is 32.2. The quantitative estimate of drug-likeness (QED) is 0.133. The monoisotopic (exact) mass is 700 g/mol. The van der Waals surface area contributed by atoms with Crippen LogP contribution in [0.25, 0.3) is 43.8 Å². The molecule has 0 fully saturated rings. The fourth-order valence-electron chi connectivity index (χ4n) is 8.06. The van der Waals surface area contributed by atoms with Crippen LogP contribution in [0.3, 0.4) is 0 Å². The second-order valence-corrected chi connectivity index (χ2v) is 13.4. The fourth-order valence-corrected chi connectivity index (χ4v) is 8.06. The van der Waals surface area contributed by atoms with E-state index < -0.39 is 23.5 Å². The van der Waals surface area contributed by atoms with E-state index in [1.165, 1.54) is 12.1 Å². The van der Waals surface area contributed by atoms with Gasteiger partial charge < -0.3 is 9.80 Å². The molecule has 0 bridgehead atoms. The van der Waals surface area contributed by atoms with E-state index >= 15 is 0 Å². The third-order valence-electron chi connectivity index (χ3n) is 10.4. The predicted octanol–water partition coefficient (Wildman–Crippen LogP) is 12.8. The van der Waals surface area contributed by atoms with Gasteiger partial charge in [0.25, 0.3) is 0 Å². The molecule has 0 aromatic heterocycles. The maximum atomic E-state index is 13.5. The van der Waals surface area contributed by atoms with Crippen molar-refractivity contribution in [1.29, 1.82) is 0 Å². The van der Waals surface area contributed by atoms with Crippen molar-refractivity contribution in [3.05, 3.63) is 156 Å². The van der Waals surface area contributed by atoms with Crippen LogP contribution in [0.4, 0.5) is 49.1 Å². The van der Waals surface area contributed by atoms with Gasteiger partial charge in [-0.25, -0.2) is 0 Å². The Hall–Kier alpha value is -5.76. The smallest absolute Gasteiger partial charge is 0.341 e. The molecule has 7 aromatic carbocycles. The highest BCUT2D eigenvalue weighted by Gasteiger charge is 2.34. The minimum Gasteiger partial charge on any atom is -0.341 e. The van der Waals surface area contributed by atoms with Gasteiger partial charge in [-0.3, -0.25) is 0 Å². The van der Waals surface area contributed by atoms with Crippen LogP contribution in [0.15, 0.2) is 133 Å². The normalized spacial score (nSPS) is 14.3. The number of alkyl halides is 6. The highest BCUT2D eigenvalue weighted by Crippen LogP contribution is 2.48. The summed E-state index contributed by atoms with van der Waals surface area (Å²) < 4.78 is 81.2. The van der Waals surface area contributed by atoms with Crippen molar-refractivity contribution in [1.82, 2.24) is 0 Å². The largest absolute Gasteiger partial charge is 0.416 e. The number of anilines is 4. The van der Waals surface area contributed by atoms with E-state index in [-0.39, 0.29) is 0 Å². The number of halogens is 6. The Bertz CT molecular complexity index is 2330. The average Bonchev–Trinajstić information content (AvgIpc) is 3.77. The zero-order valence-electron chi connectivity index (χ0n) is 27.7. The summed E-state index contributed by atoms with van der Waals surface area (Å²) in [7, 11) is 0. The molecular weight excluding hydrogens is 670 g/mol. The Morgan fingerprint density at radius 1 is 0.404 bits per heavy atom. The molecular formula is C44H30F6N2. The van der Waals surface area contributed by atoms with Gasteiger partial charge in [0, 0.05) is 35.8 Å². The van der Waals surface area contributed by atoms with Gasteiger partial charge in [-0.1, -0.05) is 72.8 Å². The number of benzene rings is 7. The molecule has 0 spiro atoms. The van der Waals surface area contributed by atoms with Crippen LogP contribution in [-0.2, 0) is 25.2 Å². The summed E-state index contributed by atoms with van der Waals surface area (Å²) in [6.45, 7) is 1.13. The topological polar surface area (TPSA) is 6.48 Å². The molecule has 0 amide bonds. The standard InChI is InChI=1S/C44H30F6N2/c45-43(46,47)31-11-17-39-29(23-31)19-21-51(39)33-14-16-36-37(25-33)41(27-7-3-1-4-8-27)35-15-13-34(26-38(35)42(36)28-9-5-2-6-10-28)52-22-20-30-24-32(44(48,49)50)12-18-40(30)52/h1-18,23-26H,19-22H2. The van der Waals surface area contributed by atoms with Crippen LogP contribution in [0.2, 0.25) is 0 Å². The lowest BCUT2D eigenvalue weighted by molar-refractivity contribution is -0.138. The number of hydrogen-bond acceptors (Lipinski definition) is 2. The van der Waals surface area contributed by atoms with Gasteiger partial charge in [0.15, 0.2) is 0 Å². The SMILES string of the molecule is FC(F)(F)c1ccc2c(c1)CCN2c1ccc2c(-c3ccccc3)c3cc(N4CCc5cc(C(F)(F)F)ccc54)ccc3c(-c3ccccc3)c2c1. The third-order valence-corrected chi connectivity index (χ3v) is 10.4. The molecule has 0 unspecified atom stereocenters. The zero-order chi connectivity index (χ0) is 35.8. The lowest BCUT2D eigenvalue weighted by Gasteiger charge is -2.25. The van der Waals surface area contributed by atoms with E-state index in [0.717, 1.165) is 78.7 Å². The van der Waals surface area contributed by atoms with E-state index in [9.17, 15) is 26.3 Å². The van der Waals surface area contributed by atoms with Crippen LogP contribution in [0, 0.1) is 0 Å². The van der Waals surface area contributed by atoms with Crippen molar-refractivity contribution in [2.45, 2.75) is 25.2 Å². The van der Waals surface area contributed by atoms with Crippen molar-refractivity contribution in [2.75, 3.05) is 22.9 Å². The Morgan fingerprint density at radius 2 is 0.808 bits per heavy atom. The summed E-state index contributed by atoms with van der Waals surface area (Å²) in [5, 5.41) is 4.05. The van der Waals surface area contributed by atoms with Gasteiger partial charge in [0.1, 0.15) is 0 Å². The Balaban J connectivity index is 1.26. The molecule has 0 N–H and O–H groups in total. The zero-order valence-corrected chi connectivity index (χ0v) is 27.7. The first-order chi connectivity index (χ1) is 25.0. The second-order valence-electron chi connectivity index (χ2n) is 13.4. The minimum absolute atomic E-state index is 0.510. The molecule has 8 heteroatoms. The van der Waals surface area contributed by atoms with E-state index in [0.29, 0.717) is 37.1 Å².